The highest BCUT2D eigenvalue weighted by Crippen LogP contribution is 2.28. The number of sulfonamides is 1. The minimum Gasteiger partial charge on any atom is -0.352 e. The maximum atomic E-state index is 14.7. The summed E-state index contributed by atoms with van der Waals surface area (Å²) in [5.74, 6) is -0.528. The van der Waals surface area contributed by atoms with Crippen molar-refractivity contribution in [1.29, 1.82) is 0 Å². The van der Waals surface area contributed by atoms with E-state index in [0.717, 1.165) is 47.5 Å². The van der Waals surface area contributed by atoms with Crippen LogP contribution in [0.1, 0.15) is 68.6 Å². The minimum atomic E-state index is -4.17. The van der Waals surface area contributed by atoms with Gasteiger partial charge in [0.25, 0.3) is 10.0 Å². The molecule has 1 fully saturated rings. The van der Waals surface area contributed by atoms with Gasteiger partial charge in [-0.2, -0.15) is 0 Å². The third-order valence-electron chi connectivity index (χ3n) is 8.98. The third kappa shape index (κ3) is 8.85. The first-order chi connectivity index (χ1) is 23.1. The van der Waals surface area contributed by atoms with E-state index in [4.69, 9.17) is 11.6 Å². The molecule has 1 N–H and O–H groups in total. The molecule has 0 aromatic heterocycles. The van der Waals surface area contributed by atoms with Crippen molar-refractivity contribution in [1.82, 2.24) is 10.2 Å². The van der Waals surface area contributed by atoms with E-state index in [-0.39, 0.29) is 35.7 Å². The molecule has 5 rings (SSSR count). The zero-order valence-electron chi connectivity index (χ0n) is 27.6. The molecule has 9 heteroatoms. The molecule has 0 aliphatic heterocycles. The molecule has 1 saturated carbocycles. The van der Waals surface area contributed by atoms with E-state index in [0.29, 0.717) is 16.3 Å². The number of nitrogens with zero attached hydrogens (tertiary/aromatic N) is 2. The van der Waals surface area contributed by atoms with E-state index in [9.17, 15) is 18.0 Å². The van der Waals surface area contributed by atoms with E-state index in [1.165, 1.54) is 17.0 Å². The molecule has 4 aromatic carbocycles. The number of hydrogen-bond acceptors (Lipinski definition) is 4. The molecular weight excluding hydrogens is 642 g/mol. The van der Waals surface area contributed by atoms with Gasteiger partial charge in [-0.05, 0) is 65.8 Å². The second-order valence-electron chi connectivity index (χ2n) is 12.7. The number of nitrogens with one attached hydrogen (secondary N) is 1. The van der Waals surface area contributed by atoms with Crippen LogP contribution in [0.4, 0.5) is 5.69 Å². The Morgan fingerprint density at radius 3 is 2.04 bits per heavy atom. The second kappa shape index (κ2) is 16.3. The monoisotopic (exact) mass is 685 g/mol. The van der Waals surface area contributed by atoms with Crippen LogP contribution in [-0.4, -0.2) is 43.8 Å². The van der Waals surface area contributed by atoms with E-state index in [2.05, 4.69) is 19.2 Å². The topological polar surface area (TPSA) is 86.8 Å². The van der Waals surface area contributed by atoms with Crippen molar-refractivity contribution >= 4 is 39.1 Å². The molecule has 0 unspecified atom stereocenters. The smallest absolute Gasteiger partial charge is 0.264 e. The Labute approximate surface area is 290 Å². The molecule has 48 heavy (non-hydrogen) atoms. The highest BCUT2D eigenvalue weighted by molar-refractivity contribution is 7.92. The summed E-state index contributed by atoms with van der Waals surface area (Å²) in [5.41, 5.74) is 2.96. The van der Waals surface area contributed by atoms with Crippen molar-refractivity contribution in [2.75, 3.05) is 10.8 Å². The normalized spacial score (nSPS) is 14.3. The third-order valence-corrected chi connectivity index (χ3v) is 11.1. The van der Waals surface area contributed by atoms with E-state index < -0.39 is 28.5 Å². The summed E-state index contributed by atoms with van der Waals surface area (Å²) >= 11 is 6.62. The molecule has 7 nitrogen and oxygen atoms in total. The Hall–Kier alpha value is -4.14. The predicted octanol–water partition coefficient (Wildman–Crippen LogP) is 7.75. The molecule has 0 spiro atoms. The van der Waals surface area contributed by atoms with Crippen LogP contribution in [0.2, 0.25) is 5.02 Å². The van der Waals surface area contributed by atoms with Crippen LogP contribution < -0.4 is 9.62 Å². The lowest BCUT2D eigenvalue weighted by atomic mass is 9.94. The van der Waals surface area contributed by atoms with Crippen LogP contribution in [0.5, 0.6) is 0 Å². The number of hydrogen-bond donors (Lipinski definition) is 1. The number of halogens is 1. The van der Waals surface area contributed by atoms with Crippen molar-refractivity contribution in [3.63, 3.8) is 0 Å². The Bertz CT molecular complexity index is 1760. The van der Waals surface area contributed by atoms with E-state index in [1.807, 2.05) is 60.7 Å². The van der Waals surface area contributed by atoms with Crippen molar-refractivity contribution in [3.05, 3.63) is 131 Å². The Kier molecular flexibility index (Phi) is 12.0. The summed E-state index contributed by atoms with van der Waals surface area (Å²) in [5, 5.41) is 3.69. The van der Waals surface area contributed by atoms with Crippen molar-refractivity contribution in [2.24, 2.45) is 0 Å². The first kappa shape index (κ1) is 35.2. The van der Waals surface area contributed by atoms with Gasteiger partial charge < -0.3 is 10.2 Å². The summed E-state index contributed by atoms with van der Waals surface area (Å²) in [6.07, 6.45) is 5.25. The fourth-order valence-electron chi connectivity index (χ4n) is 6.18. The number of anilines is 1. The zero-order valence-corrected chi connectivity index (χ0v) is 29.2. The molecule has 252 valence electrons. The molecule has 4 aromatic rings. The standard InChI is InChI=1S/C39H44ClN3O4S/c1-29(2)31-22-24-34(25-23-31)43(48(46,47)35-19-10-5-11-20-35)28-38(44)42(27-32-16-12-13-21-36(32)40)37(26-30-14-6-3-7-15-30)39(45)41-33-17-8-4-9-18-33/h3,5-7,10-16,19-25,29,33,37H,4,8-9,17-18,26-28H2,1-2H3,(H,41,45)/t37-/m1/s1. The van der Waals surface area contributed by atoms with Crippen molar-refractivity contribution in [2.45, 2.75) is 81.8 Å². The maximum absolute atomic E-state index is 14.7. The predicted molar refractivity (Wildman–Crippen MR) is 192 cm³/mol. The fourth-order valence-corrected chi connectivity index (χ4v) is 7.81. The highest BCUT2D eigenvalue weighted by atomic mass is 35.5. The van der Waals surface area contributed by atoms with Gasteiger partial charge >= 0.3 is 0 Å². The quantitative estimate of drug-likeness (QED) is 0.156. The Balaban J connectivity index is 1.57. The first-order valence-electron chi connectivity index (χ1n) is 16.7. The maximum Gasteiger partial charge on any atom is 0.264 e. The first-order valence-corrected chi connectivity index (χ1v) is 18.5. The van der Waals surface area contributed by atoms with Crippen molar-refractivity contribution < 1.29 is 18.0 Å². The van der Waals surface area contributed by atoms with Gasteiger partial charge in [-0.3, -0.25) is 13.9 Å². The largest absolute Gasteiger partial charge is 0.352 e. The summed E-state index contributed by atoms with van der Waals surface area (Å²) in [4.78, 5) is 30.5. The number of rotatable bonds is 13. The summed E-state index contributed by atoms with van der Waals surface area (Å²) in [6.45, 7) is 3.65. The van der Waals surface area contributed by atoms with Gasteiger partial charge in [-0.25, -0.2) is 8.42 Å². The molecule has 0 bridgehead atoms. The lowest BCUT2D eigenvalue weighted by Gasteiger charge is -2.35. The Morgan fingerprint density at radius 2 is 1.42 bits per heavy atom. The van der Waals surface area contributed by atoms with Gasteiger partial charge in [0.15, 0.2) is 0 Å². The summed E-state index contributed by atoms with van der Waals surface area (Å²) < 4.78 is 29.6. The fraction of sp³-hybridized carbons (Fsp3) is 0.333. The van der Waals surface area contributed by atoms with E-state index >= 15 is 0 Å². The summed E-state index contributed by atoms with van der Waals surface area (Å²) in [6, 6.07) is 31.2. The van der Waals surface area contributed by atoms with Gasteiger partial charge in [0.05, 0.1) is 10.6 Å². The molecule has 1 aliphatic carbocycles. The van der Waals surface area contributed by atoms with Crippen LogP contribution >= 0.6 is 11.6 Å². The van der Waals surface area contributed by atoms with Crippen LogP contribution in [0.25, 0.3) is 0 Å². The number of carbonyl (C=O) groups excluding carboxylic acids is 2. The highest BCUT2D eigenvalue weighted by Gasteiger charge is 2.35. The summed E-state index contributed by atoms with van der Waals surface area (Å²) in [7, 11) is -4.17. The van der Waals surface area contributed by atoms with Crippen LogP contribution in [0, 0.1) is 0 Å². The van der Waals surface area contributed by atoms with E-state index in [1.54, 1.807) is 36.4 Å². The number of carbonyl (C=O) groups is 2. The second-order valence-corrected chi connectivity index (χ2v) is 15.0. The molecule has 0 radical (unpaired) electrons. The molecule has 2 amide bonds. The zero-order chi connectivity index (χ0) is 34.1. The van der Waals surface area contributed by atoms with Gasteiger partial charge in [0, 0.05) is 24.0 Å². The lowest BCUT2D eigenvalue weighted by molar-refractivity contribution is -0.140. The van der Waals surface area contributed by atoms with Gasteiger partial charge in [-0.15, -0.1) is 0 Å². The average molecular weight is 686 g/mol. The number of amides is 2. The number of benzene rings is 4. The molecular formula is C39H44ClN3O4S. The average Bonchev–Trinajstić information content (AvgIpc) is 3.10. The van der Waals surface area contributed by atoms with Crippen LogP contribution in [-0.2, 0) is 32.6 Å². The van der Waals surface area contributed by atoms with Gasteiger partial charge in [0.2, 0.25) is 11.8 Å². The lowest BCUT2D eigenvalue weighted by Crippen LogP contribution is -2.55. The molecule has 0 saturated heterocycles. The van der Waals surface area contributed by atoms with Gasteiger partial charge in [0.1, 0.15) is 12.6 Å². The van der Waals surface area contributed by atoms with Crippen LogP contribution in [0.3, 0.4) is 0 Å². The molecule has 1 atom stereocenters. The van der Waals surface area contributed by atoms with Crippen molar-refractivity contribution in [3.8, 4) is 0 Å². The molecule has 0 heterocycles. The van der Waals surface area contributed by atoms with Gasteiger partial charge in [-0.1, -0.05) is 124 Å². The Morgan fingerprint density at radius 1 is 0.812 bits per heavy atom. The molecule has 1 aliphatic rings. The minimum absolute atomic E-state index is 0.0243. The SMILES string of the molecule is CC(C)c1ccc(N(CC(=O)N(Cc2ccccc2Cl)[C@H](Cc2ccccc2)C(=O)NC2CCCCC2)S(=O)(=O)c2ccccc2)cc1. The van der Waals surface area contributed by atoms with Crippen LogP contribution in [0.15, 0.2) is 114 Å².